The topological polar surface area (TPSA) is 75.4 Å². The first kappa shape index (κ1) is 13.5. The van der Waals surface area contributed by atoms with E-state index in [2.05, 4.69) is 9.62 Å². The Balaban J connectivity index is 1.79. The van der Waals surface area contributed by atoms with Crippen molar-refractivity contribution in [2.45, 2.75) is 25.7 Å². The number of sulfonamides is 1. The molecule has 3 rings (SSSR count). The Hall–Kier alpha value is -1.43. The molecule has 110 valence electrons. The van der Waals surface area contributed by atoms with Crippen LogP contribution >= 0.6 is 0 Å². The van der Waals surface area contributed by atoms with Gasteiger partial charge in [-0.2, -0.15) is 0 Å². The van der Waals surface area contributed by atoms with E-state index in [1.165, 1.54) is 25.7 Å². The minimum Gasteiger partial charge on any atom is -0.397 e. The zero-order valence-corrected chi connectivity index (χ0v) is 12.5. The number of nitrogens with two attached hydrogens (primary N) is 1. The van der Waals surface area contributed by atoms with E-state index in [0.717, 1.165) is 25.0 Å². The van der Waals surface area contributed by atoms with Crippen LogP contribution in [0.15, 0.2) is 18.2 Å². The number of nitrogen functional groups attached to an aromatic ring is 1. The van der Waals surface area contributed by atoms with Crippen molar-refractivity contribution in [2.24, 2.45) is 5.41 Å². The molecule has 1 aliphatic carbocycles. The summed E-state index contributed by atoms with van der Waals surface area (Å²) in [7, 11) is -3.26. The lowest BCUT2D eigenvalue weighted by atomic mass is 9.93. The summed E-state index contributed by atoms with van der Waals surface area (Å²) >= 11 is 0. The normalized spacial score (nSPS) is 20.9. The standard InChI is InChI=1S/C14H21N3O2S/c1-20(18,19)16-11-2-3-12(15)13(10-11)17-8-6-14(4-5-14)7-9-17/h2-3,10,16H,4-9,15H2,1H3. The van der Waals surface area contributed by atoms with Crippen molar-refractivity contribution in [3.8, 4) is 0 Å². The van der Waals surface area contributed by atoms with E-state index in [0.29, 0.717) is 16.8 Å². The quantitative estimate of drug-likeness (QED) is 0.837. The lowest BCUT2D eigenvalue weighted by Gasteiger charge is -2.34. The summed E-state index contributed by atoms with van der Waals surface area (Å²) in [5.41, 5.74) is 8.88. The van der Waals surface area contributed by atoms with Crippen LogP contribution in [-0.4, -0.2) is 27.8 Å². The minimum absolute atomic E-state index is 0.573. The average molecular weight is 295 g/mol. The van der Waals surface area contributed by atoms with Crippen LogP contribution in [-0.2, 0) is 10.0 Å². The Kier molecular flexibility index (Phi) is 3.08. The van der Waals surface area contributed by atoms with E-state index in [-0.39, 0.29) is 0 Å². The van der Waals surface area contributed by atoms with Gasteiger partial charge in [0.1, 0.15) is 0 Å². The highest BCUT2D eigenvalue weighted by atomic mass is 32.2. The molecule has 6 heteroatoms. The molecule has 1 aromatic carbocycles. The first-order valence-electron chi connectivity index (χ1n) is 6.99. The highest BCUT2D eigenvalue weighted by molar-refractivity contribution is 7.92. The number of rotatable bonds is 3. The van der Waals surface area contributed by atoms with Crippen LogP contribution in [0.1, 0.15) is 25.7 Å². The predicted molar refractivity (Wildman–Crippen MR) is 82.4 cm³/mol. The highest BCUT2D eigenvalue weighted by Gasteiger charge is 2.44. The van der Waals surface area contributed by atoms with Crippen molar-refractivity contribution in [1.29, 1.82) is 0 Å². The largest absolute Gasteiger partial charge is 0.397 e. The fraction of sp³-hybridized carbons (Fsp3) is 0.571. The monoisotopic (exact) mass is 295 g/mol. The maximum atomic E-state index is 11.3. The van der Waals surface area contributed by atoms with E-state index >= 15 is 0 Å². The van der Waals surface area contributed by atoms with E-state index in [9.17, 15) is 8.42 Å². The second kappa shape index (κ2) is 4.55. The molecule has 1 spiro atoms. The Labute approximate surface area is 120 Å². The van der Waals surface area contributed by atoms with Gasteiger partial charge in [0.25, 0.3) is 0 Å². The number of nitrogens with zero attached hydrogens (tertiary/aromatic N) is 1. The fourth-order valence-electron chi connectivity index (χ4n) is 2.99. The number of hydrogen-bond donors (Lipinski definition) is 2. The Morgan fingerprint density at radius 3 is 2.40 bits per heavy atom. The van der Waals surface area contributed by atoms with Crippen LogP contribution in [0, 0.1) is 5.41 Å². The van der Waals surface area contributed by atoms with Gasteiger partial charge in [0.05, 0.1) is 23.3 Å². The molecule has 0 aromatic heterocycles. The molecule has 0 atom stereocenters. The van der Waals surface area contributed by atoms with Gasteiger partial charge in [-0.1, -0.05) is 0 Å². The lowest BCUT2D eigenvalue weighted by molar-refractivity contribution is 0.384. The third-order valence-corrected chi connectivity index (χ3v) is 5.06. The van der Waals surface area contributed by atoms with Crippen LogP contribution in [0.3, 0.4) is 0 Å². The molecule has 0 amide bonds. The van der Waals surface area contributed by atoms with Gasteiger partial charge in [-0.25, -0.2) is 8.42 Å². The maximum absolute atomic E-state index is 11.3. The summed E-state index contributed by atoms with van der Waals surface area (Å²) in [4.78, 5) is 2.27. The summed E-state index contributed by atoms with van der Waals surface area (Å²) in [6.45, 7) is 2.01. The summed E-state index contributed by atoms with van der Waals surface area (Å²) in [6.07, 6.45) is 6.32. The molecule has 2 aliphatic rings. The molecule has 1 heterocycles. The molecule has 5 nitrogen and oxygen atoms in total. The molecule has 0 radical (unpaired) electrons. The molecule has 0 unspecified atom stereocenters. The average Bonchev–Trinajstić information content (AvgIpc) is 3.11. The fourth-order valence-corrected chi connectivity index (χ4v) is 3.55. The molecule has 1 saturated carbocycles. The van der Waals surface area contributed by atoms with Crippen molar-refractivity contribution in [1.82, 2.24) is 0 Å². The van der Waals surface area contributed by atoms with E-state index in [1.807, 2.05) is 6.07 Å². The highest BCUT2D eigenvalue weighted by Crippen LogP contribution is 2.54. The molecule has 1 aliphatic heterocycles. The first-order valence-corrected chi connectivity index (χ1v) is 8.88. The van der Waals surface area contributed by atoms with Crippen molar-refractivity contribution in [3.63, 3.8) is 0 Å². The number of benzene rings is 1. The number of hydrogen-bond acceptors (Lipinski definition) is 4. The van der Waals surface area contributed by atoms with Crippen molar-refractivity contribution < 1.29 is 8.42 Å². The zero-order valence-electron chi connectivity index (χ0n) is 11.7. The Bertz CT molecular complexity index is 613. The van der Waals surface area contributed by atoms with Gasteiger partial charge in [-0.15, -0.1) is 0 Å². The van der Waals surface area contributed by atoms with Gasteiger partial charge in [0.2, 0.25) is 10.0 Å². The van der Waals surface area contributed by atoms with Crippen LogP contribution in [0.2, 0.25) is 0 Å². The van der Waals surface area contributed by atoms with Gasteiger partial charge in [0.15, 0.2) is 0 Å². The van der Waals surface area contributed by atoms with Crippen LogP contribution in [0.25, 0.3) is 0 Å². The van der Waals surface area contributed by atoms with Crippen LogP contribution < -0.4 is 15.4 Å². The van der Waals surface area contributed by atoms with E-state index in [1.54, 1.807) is 12.1 Å². The Morgan fingerprint density at radius 2 is 1.85 bits per heavy atom. The minimum atomic E-state index is -3.26. The molecule has 20 heavy (non-hydrogen) atoms. The first-order chi connectivity index (χ1) is 9.37. The van der Waals surface area contributed by atoms with Gasteiger partial charge in [-0.3, -0.25) is 4.72 Å². The number of piperidine rings is 1. The molecule has 3 N–H and O–H groups in total. The Morgan fingerprint density at radius 1 is 1.20 bits per heavy atom. The lowest BCUT2D eigenvalue weighted by Crippen LogP contribution is -2.34. The van der Waals surface area contributed by atoms with Crippen molar-refractivity contribution >= 4 is 27.1 Å². The third kappa shape index (κ3) is 2.85. The van der Waals surface area contributed by atoms with Gasteiger partial charge < -0.3 is 10.6 Å². The van der Waals surface area contributed by atoms with E-state index < -0.39 is 10.0 Å². The summed E-state index contributed by atoms with van der Waals surface area (Å²) in [6, 6.07) is 5.30. The molecule has 2 fully saturated rings. The second-order valence-corrected chi connectivity index (χ2v) is 7.88. The molecule has 0 bridgehead atoms. The van der Waals surface area contributed by atoms with Crippen LogP contribution in [0.5, 0.6) is 0 Å². The van der Waals surface area contributed by atoms with Gasteiger partial charge in [0, 0.05) is 13.1 Å². The van der Waals surface area contributed by atoms with Gasteiger partial charge >= 0.3 is 0 Å². The molecule has 1 aromatic rings. The predicted octanol–water partition coefficient (Wildman–Crippen LogP) is 2.02. The SMILES string of the molecule is CS(=O)(=O)Nc1ccc(N)c(N2CCC3(CC2)CC3)c1. The molecule has 1 saturated heterocycles. The molecular weight excluding hydrogens is 274 g/mol. The van der Waals surface area contributed by atoms with E-state index in [4.69, 9.17) is 5.73 Å². The number of nitrogens with one attached hydrogen (secondary N) is 1. The number of anilines is 3. The second-order valence-electron chi connectivity index (χ2n) is 6.13. The summed E-state index contributed by atoms with van der Waals surface area (Å²) < 4.78 is 25.1. The third-order valence-electron chi connectivity index (χ3n) is 4.46. The van der Waals surface area contributed by atoms with Crippen LogP contribution in [0.4, 0.5) is 17.1 Å². The molecular formula is C14H21N3O2S. The maximum Gasteiger partial charge on any atom is 0.229 e. The summed E-state index contributed by atoms with van der Waals surface area (Å²) in [5.74, 6) is 0. The van der Waals surface area contributed by atoms with Gasteiger partial charge in [-0.05, 0) is 49.3 Å². The zero-order chi connectivity index (χ0) is 14.4. The smallest absolute Gasteiger partial charge is 0.229 e. The van der Waals surface area contributed by atoms with Crippen molar-refractivity contribution in [3.05, 3.63) is 18.2 Å². The summed E-state index contributed by atoms with van der Waals surface area (Å²) in [5, 5.41) is 0. The van der Waals surface area contributed by atoms with Crippen molar-refractivity contribution in [2.75, 3.05) is 34.7 Å².